The Morgan fingerprint density at radius 3 is 2.61 bits per heavy atom. The van der Waals surface area contributed by atoms with E-state index in [0.29, 0.717) is 42.1 Å². The number of piperidine rings is 1. The maximum Gasteiger partial charge on any atom is 0.407 e. The van der Waals surface area contributed by atoms with Crippen molar-refractivity contribution in [1.29, 1.82) is 0 Å². The van der Waals surface area contributed by atoms with Gasteiger partial charge in [-0.15, -0.1) is 0 Å². The molecule has 2 fully saturated rings. The summed E-state index contributed by atoms with van der Waals surface area (Å²) in [4.78, 5) is 40.7. The molecule has 2 saturated heterocycles. The number of ether oxygens (including phenoxy) is 1. The quantitative estimate of drug-likeness (QED) is 0.809. The summed E-state index contributed by atoms with van der Waals surface area (Å²) in [5.74, 6) is -0.209. The van der Waals surface area contributed by atoms with E-state index in [1.165, 1.54) is 6.92 Å². The summed E-state index contributed by atoms with van der Waals surface area (Å²) < 4.78 is 5.40. The number of nitrogens with zero attached hydrogens (tertiary/aromatic N) is 1. The molecular weight excluding hydrogens is 298 g/mol. The Bertz CT molecular complexity index is 694. The molecular formula is C16H21N3O4. The molecule has 2 amide bonds. The second kappa shape index (κ2) is 5.40. The van der Waals surface area contributed by atoms with Crippen molar-refractivity contribution in [3.63, 3.8) is 0 Å². The summed E-state index contributed by atoms with van der Waals surface area (Å²) in [7, 11) is 0. The van der Waals surface area contributed by atoms with Gasteiger partial charge in [0.05, 0.1) is 24.3 Å². The predicted octanol–water partition coefficient (Wildman–Crippen LogP) is 1.55. The minimum atomic E-state index is -0.619. The highest BCUT2D eigenvalue weighted by atomic mass is 16.6. The summed E-state index contributed by atoms with van der Waals surface area (Å²) >= 11 is 0. The Balaban J connectivity index is 1.86. The van der Waals surface area contributed by atoms with Crippen LogP contribution in [0.25, 0.3) is 0 Å². The normalized spacial score (nSPS) is 23.8. The summed E-state index contributed by atoms with van der Waals surface area (Å²) in [5, 5.41) is 2.67. The number of carbonyl (C=O) groups excluding carboxylic acids is 3. The Morgan fingerprint density at radius 1 is 1.30 bits per heavy atom. The maximum atomic E-state index is 12.9. The molecule has 0 unspecified atom stereocenters. The van der Waals surface area contributed by atoms with Gasteiger partial charge in [-0.25, -0.2) is 4.79 Å². The zero-order valence-electron chi connectivity index (χ0n) is 13.6. The van der Waals surface area contributed by atoms with Crippen LogP contribution in [0.15, 0.2) is 0 Å². The van der Waals surface area contributed by atoms with Crippen molar-refractivity contribution in [2.75, 3.05) is 19.6 Å². The molecule has 124 valence electrons. The molecule has 3 rings (SSSR count). The molecule has 0 saturated carbocycles. The summed E-state index contributed by atoms with van der Waals surface area (Å²) in [6, 6.07) is 0. The first-order valence-electron chi connectivity index (χ1n) is 7.79. The number of hydrogen-bond acceptors (Lipinski definition) is 4. The third kappa shape index (κ3) is 2.60. The van der Waals surface area contributed by atoms with Crippen molar-refractivity contribution in [2.24, 2.45) is 0 Å². The smallest absolute Gasteiger partial charge is 0.407 e. The van der Waals surface area contributed by atoms with E-state index in [9.17, 15) is 14.4 Å². The number of rotatable bonds is 2. The third-order valence-electron chi connectivity index (χ3n) is 4.69. The van der Waals surface area contributed by atoms with Crippen LogP contribution >= 0.6 is 0 Å². The first kappa shape index (κ1) is 15.6. The molecule has 0 aliphatic carbocycles. The first-order chi connectivity index (χ1) is 10.8. The highest BCUT2D eigenvalue weighted by molar-refractivity contribution is 6.02. The number of alkyl carbamates (subject to hydrolysis) is 1. The van der Waals surface area contributed by atoms with Crippen molar-refractivity contribution in [1.82, 2.24) is 15.2 Å². The number of aromatic amines is 1. The lowest BCUT2D eigenvalue weighted by Gasteiger charge is -2.38. The minimum absolute atomic E-state index is 0.0892. The zero-order valence-corrected chi connectivity index (χ0v) is 13.6. The molecule has 0 aromatic carbocycles. The van der Waals surface area contributed by atoms with Crippen molar-refractivity contribution in [3.8, 4) is 0 Å². The molecule has 1 atom stereocenters. The Labute approximate surface area is 134 Å². The van der Waals surface area contributed by atoms with Crippen LogP contribution in [0.3, 0.4) is 0 Å². The topological polar surface area (TPSA) is 91.5 Å². The molecule has 0 radical (unpaired) electrons. The van der Waals surface area contributed by atoms with Crippen LogP contribution in [-0.4, -0.2) is 52.9 Å². The molecule has 1 aromatic heterocycles. The Hall–Kier alpha value is -2.31. The van der Waals surface area contributed by atoms with Gasteiger partial charge in [0.2, 0.25) is 0 Å². The van der Waals surface area contributed by atoms with Gasteiger partial charge in [-0.2, -0.15) is 0 Å². The molecule has 7 nitrogen and oxygen atoms in total. The molecule has 1 aromatic rings. The van der Waals surface area contributed by atoms with Crippen molar-refractivity contribution in [2.45, 2.75) is 39.2 Å². The fourth-order valence-corrected chi connectivity index (χ4v) is 3.58. The second-order valence-corrected chi connectivity index (χ2v) is 6.44. The number of amides is 2. The molecule has 2 aliphatic heterocycles. The first-order valence-corrected chi connectivity index (χ1v) is 7.79. The highest BCUT2D eigenvalue weighted by Gasteiger charge is 2.45. The van der Waals surface area contributed by atoms with Gasteiger partial charge in [-0.05, 0) is 32.3 Å². The maximum absolute atomic E-state index is 12.9. The van der Waals surface area contributed by atoms with Crippen LogP contribution in [0.2, 0.25) is 0 Å². The van der Waals surface area contributed by atoms with E-state index in [-0.39, 0.29) is 11.7 Å². The van der Waals surface area contributed by atoms with Crippen molar-refractivity contribution in [3.05, 3.63) is 22.5 Å². The summed E-state index contributed by atoms with van der Waals surface area (Å²) in [6.07, 6.45) is 1.11. The zero-order chi connectivity index (χ0) is 16.8. The van der Waals surface area contributed by atoms with E-state index in [4.69, 9.17) is 4.74 Å². The number of Topliss-reactive ketones (excluding diaryl/α,β-unsaturated/α-hetero) is 1. The molecule has 1 spiro atoms. The summed E-state index contributed by atoms with van der Waals surface area (Å²) in [6.45, 7) is 6.49. The number of likely N-dealkylation sites (tertiary alicyclic amines) is 1. The molecule has 23 heavy (non-hydrogen) atoms. The minimum Gasteiger partial charge on any atom is -0.439 e. The van der Waals surface area contributed by atoms with E-state index in [0.717, 1.165) is 12.8 Å². The van der Waals surface area contributed by atoms with E-state index >= 15 is 0 Å². The lowest BCUT2D eigenvalue weighted by Crippen LogP contribution is -2.52. The van der Waals surface area contributed by atoms with Crippen LogP contribution in [0, 0.1) is 13.8 Å². The molecule has 3 heterocycles. The van der Waals surface area contributed by atoms with Gasteiger partial charge in [0.1, 0.15) is 5.60 Å². The van der Waals surface area contributed by atoms with Crippen LogP contribution < -0.4 is 5.32 Å². The van der Waals surface area contributed by atoms with Crippen LogP contribution in [0.4, 0.5) is 4.79 Å². The fourth-order valence-electron chi connectivity index (χ4n) is 3.58. The number of ketones is 1. The average Bonchev–Trinajstić information content (AvgIpc) is 2.99. The van der Waals surface area contributed by atoms with Gasteiger partial charge < -0.3 is 19.9 Å². The second-order valence-electron chi connectivity index (χ2n) is 6.44. The number of aromatic nitrogens is 1. The number of H-pyrrole nitrogens is 1. The largest absolute Gasteiger partial charge is 0.439 e. The number of nitrogens with one attached hydrogen (secondary N) is 2. The lowest BCUT2D eigenvalue weighted by molar-refractivity contribution is -0.00509. The third-order valence-corrected chi connectivity index (χ3v) is 4.69. The fraction of sp³-hybridized carbons (Fsp3) is 0.562. The monoisotopic (exact) mass is 319 g/mol. The van der Waals surface area contributed by atoms with Gasteiger partial charge in [-0.1, -0.05) is 0 Å². The van der Waals surface area contributed by atoms with E-state index in [1.54, 1.807) is 18.7 Å². The predicted molar refractivity (Wildman–Crippen MR) is 82.6 cm³/mol. The average molecular weight is 319 g/mol. The van der Waals surface area contributed by atoms with Crippen molar-refractivity contribution < 1.29 is 19.1 Å². The number of aryl methyl sites for hydroxylation is 1. The number of hydrogen-bond donors (Lipinski definition) is 2. The van der Waals surface area contributed by atoms with E-state index in [1.807, 2.05) is 0 Å². The lowest BCUT2D eigenvalue weighted by atomic mass is 9.92. The van der Waals surface area contributed by atoms with Crippen LogP contribution in [0.5, 0.6) is 0 Å². The van der Waals surface area contributed by atoms with Crippen LogP contribution in [-0.2, 0) is 4.74 Å². The van der Waals surface area contributed by atoms with E-state index < -0.39 is 11.7 Å². The molecule has 0 bridgehead atoms. The van der Waals surface area contributed by atoms with Gasteiger partial charge in [-0.3, -0.25) is 9.59 Å². The van der Waals surface area contributed by atoms with Gasteiger partial charge in [0.15, 0.2) is 5.78 Å². The van der Waals surface area contributed by atoms with Crippen molar-refractivity contribution >= 4 is 17.8 Å². The van der Waals surface area contributed by atoms with Gasteiger partial charge >= 0.3 is 6.09 Å². The van der Waals surface area contributed by atoms with E-state index in [2.05, 4.69) is 10.3 Å². The van der Waals surface area contributed by atoms with Gasteiger partial charge in [0.25, 0.3) is 5.91 Å². The Kier molecular flexibility index (Phi) is 3.66. The van der Waals surface area contributed by atoms with Crippen LogP contribution in [0.1, 0.15) is 51.9 Å². The highest BCUT2D eigenvalue weighted by Crippen LogP contribution is 2.30. The Morgan fingerprint density at radius 2 is 2.04 bits per heavy atom. The standard InChI is InChI=1S/C16H21N3O4/c1-9-12(10(2)18-13(9)11(3)20)14(21)19-6-4-5-16(8-19)7-17-15(22)23-16/h18H,4-8H2,1-3H3,(H,17,22)/t16-/m1/s1. The molecule has 2 aliphatic rings. The molecule has 2 N–H and O–H groups in total. The SMILES string of the molecule is CC(=O)c1[nH]c(C)c(C(=O)N2CCC[C@@]3(CNC(=O)O3)C2)c1C. The van der Waals surface area contributed by atoms with Gasteiger partial charge in [0, 0.05) is 19.2 Å². The summed E-state index contributed by atoms with van der Waals surface area (Å²) in [5.41, 5.74) is 1.78. The molecule has 7 heteroatoms. The number of carbonyl (C=O) groups is 3.